The number of hydrogen-bond acceptors (Lipinski definition) is 0. The molecule has 2 nitrogen and oxygen atoms in total. The number of rotatable bonds is 3. The van der Waals surface area contributed by atoms with E-state index in [9.17, 15) is 0 Å². The maximum absolute atomic E-state index is 2.59. The summed E-state index contributed by atoms with van der Waals surface area (Å²) in [5, 5.41) is 2.90. The van der Waals surface area contributed by atoms with Crippen LogP contribution in [0.2, 0.25) is 0 Å². The van der Waals surface area contributed by atoms with Gasteiger partial charge in [-0.3, -0.25) is 0 Å². The van der Waals surface area contributed by atoms with Crippen molar-refractivity contribution >= 4 is 16.4 Å². The van der Waals surface area contributed by atoms with E-state index in [0.717, 1.165) is 19.3 Å². The van der Waals surface area contributed by atoms with Gasteiger partial charge in [-0.1, -0.05) is 59.7 Å². The topological polar surface area (TPSA) is 8.29 Å². The number of imidazole rings is 1. The van der Waals surface area contributed by atoms with Crippen LogP contribution in [0.15, 0.2) is 36.8 Å². The third-order valence-electron chi connectivity index (χ3n) is 7.48. The van der Waals surface area contributed by atoms with E-state index in [4.69, 9.17) is 0 Å². The molecule has 0 aliphatic carbocycles. The summed E-state index contributed by atoms with van der Waals surface area (Å²) in [6.07, 6.45) is 10.4. The van der Waals surface area contributed by atoms with E-state index in [1.54, 1.807) is 5.56 Å². The second-order valence-corrected chi connectivity index (χ2v) is 9.34. The van der Waals surface area contributed by atoms with Gasteiger partial charge in [-0.15, -0.1) is 0 Å². The fraction of sp³-hybridized carbons (Fsp3) is 0.542. The summed E-state index contributed by atoms with van der Waals surface area (Å²) in [4.78, 5) is 0. The molecule has 4 rings (SSSR count). The molecule has 0 fully saturated rings. The molecule has 2 aromatic heterocycles. The van der Waals surface area contributed by atoms with Crippen LogP contribution < -0.4 is 4.57 Å². The van der Waals surface area contributed by atoms with E-state index in [1.165, 1.54) is 22.0 Å². The minimum absolute atomic E-state index is 0.0930. The molecule has 0 amide bonds. The van der Waals surface area contributed by atoms with Gasteiger partial charge in [0.1, 0.15) is 24.1 Å². The predicted molar refractivity (Wildman–Crippen MR) is 110 cm³/mol. The Bertz CT molecular complexity index is 998. The molecule has 3 aromatic rings. The minimum atomic E-state index is 0.0930. The van der Waals surface area contributed by atoms with Crippen LogP contribution in [-0.4, -0.2) is 4.40 Å². The largest absolute Gasteiger partial charge is 0.294 e. The quantitative estimate of drug-likeness (QED) is 0.522. The summed E-state index contributed by atoms with van der Waals surface area (Å²) in [6.45, 7) is 16.6. The van der Waals surface area contributed by atoms with Gasteiger partial charge in [-0.05, 0) is 42.6 Å². The van der Waals surface area contributed by atoms with Crippen molar-refractivity contribution in [1.29, 1.82) is 0 Å². The Hall–Kier alpha value is -1.83. The van der Waals surface area contributed by atoms with Crippen LogP contribution in [0.4, 0.5) is 0 Å². The Morgan fingerprint density at radius 3 is 2.31 bits per heavy atom. The van der Waals surface area contributed by atoms with Crippen LogP contribution in [0.3, 0.4) is 0 Å². The molecule has 0 spiro atoms. The highest BCUT2D eigenvalue weighted by atomic mass is 15.2. The predicted octanol–water partition coefficient (Wildman–Crippen LogP) is 5.87. The summed E-state index contributed by atoms with van der Waals surface area (Å²) >= 11 is 0. The monoisotopic (exact) mass is 349 g/mol. The Morgan fingerprint density at radius 1 is 1.04 bits per heavy atom. The highest BCUT2D eigenvalue weighted by Gasteiger charge is 2.55. The van der Waals surface area contributed by atoms with Gasteiger partial charge in [0.25, 0.3) is 5.65 Å². The Kier molecular flexibility index (Phi) is 3.61. The van der Waals surface area contributed by atoms with Crippen LogP contribution in [0.5, 0.6) is 0 Å². The van der Waals surface area contributed by atoms with Crippen molar-refractivity contribution in [3.05, 3.63) is 47.9 Å². The first-order valence-electron chi connectivity index (χ1n) is 10.2. The minimum Gasteiger partial charge on any atom is -0.224 e. The average molecular weight is 350 g/mol. The van der Waals surface area contributed by atoms with E-state index in [1.807, 2.05) is 0 Å². The second-order valence-electron chi connectivity index (χ2n) is 9.34. The van der Waals surface area contributed by atoms with E-state index in [-0.39, 0.29) is 16.4 Å². The number of hydrogen-bond donors (Lipinski definition) is 0. The number of pyridine rings is 1. The van der Waals surface area contributed by atoms with Gasteiger partial charge >= 0.3 is 0 Å². The lowest BCUT2D eigenvalue weighted by Gasteiger charge is -2.48. The van der Waals surface area contributed by atoms with Crippen LogP contribution in [-0.2, 0) is 16.4 Å². The molecule has 0 saturated carbocycles. The normalized spacial score (nSPS) is 21.8. The van der Waals surface area contributed by atoms with E-state index in [2.05, 4.69) is 94.2 Å². The smallest absolute Gasteiger partial charge is 0.224 e. The van der Waals surface area contributed by atoms with Crippen LogP contribution >= 0.6 is 0 Å². The van der Waals surface area contributed by atoms with E-state index in [0.29, 0.717) is 0 Å². The van der Waals surface area contributed by atoms with Crippen molar-refractivity contribution in [3.63, 3.8) is 0 Å². The van der Waals surface area contributed by atoms with Crippen LogP contribution in [0.25, 0.3) is 16.4 Å². The van der Waals surface area contributed by atoms with Crippen molar-refractivity contribution < 1.29 is 4.57 Å². The lowest BCUT2D eigenvalue weighted by atomic mass is 9.59. The van der Waals surface area contributed by atoms with Gasteiger partial charge in [0.2, 0.25) is 0 Å². The standard InChI is InChI=1S/C24H33N2/c1-8-23(7)24(9-2,10-3)18-13-11-12-17-19(22(4,5)6)16-25-14-15-26(23)21(25)20(17)18/h11-16H,8-10H2,1-7H3/q+1. The lowest BCUT2D eigenvalue weighted by Crippen LogP contribution is -2.66. The van der Waals surface area contributed by atoms with Crippen LogP contribution in [0.1, 0.15) is 78.9 Å². The molecule has 0 N–H and O–H groups in total. The molecule has 3 heterocycles. The Morgan fingerprint density at radius 2 is 1.73 bits per heavy atom. The van der Waals surface area contributed by atoms with Crippen molar-refractivity contribution in [3.8, 4) is 0 Å². The number of nitrogens with zero attached hydrogens (tertiary/aromatic N) is 2. The lowest BCUT2D eigenvalue weighted by molar-refractivity contribution is -0.751. The third kappa shape index (κ3) is 1.86. The molecule has 1 aliphatic rings. The molecule has 138 valence electrons. The highest BCUT2D eigenvalue weighted by Crippen LogP contribution is 2.51. The van der Waals surface area contributed by atoms with Crippen molar-refractivity contribution in [2.45, 2.75) is 84.1 Å². The Labute approximate surface area is 157 Å². The van der Waals surface area contributed by atoms with Gasteiger partial charge in [0.15, 0.2) is 0 Å². The Balaban J connectivity index is 2.30. The SMILES string of the molecule is CCC1(CC)c2cccc3c(C(C)(C)C)cn4cc[n+](c4c23)C1(C)CC. The molecule has 2 heteroatoms. The molecule has 0 bridgehead atoms. The summed E-state index contributed by atoms with van der Waals surface area (Å²) in [5.41, 5.74) is 4.73. The molecule has 0 radical (unpaired) electrons. The van der Waals surface area contributed by atoms with Crippen molar-refractivity contribution in [2.75, 3.05) is 0 Å². The van der Waals surface area contributed by atoms with Crippen molar-refractivity contribution in [1.82, 2.24) is 4.40 Å². The highest BCUT2D eigenvalue weighted by molar-refractivity contribution is 5.99. The zero-order chi connectivity index (χ0) is 18.9. The van der Waals surface area contributed by atoms with Crippen molar-refractivity contribution in [2.24, 2.45) is 0 Å². The molecular formula is C24H33N2+. The number of aromatic nitrogens is 2. The zero-order valence-corrected chi connectivity index (χ0v) is 17.5. The first-order valence-corrected chi connectivity index (χ1v) is 10.2. The molecule has 1 unspecified atom stereocenters. The summed E-state index contributed by atoms with van der Waals surface area (Å²) in [5.74, 6) is 0. The molecule has 1 aromatic carbocycles. The fourth-order valence-corrected chi connectivity index (χ4v) is 5.80. The van der Waals surface area contributed by atoms with Gasteiger partial charge in [-0.25, -0.2) is 8.97 Å². The van der Waals surface area contributed by atoms with Gasteiger partial charge in [0, 0.05) is 11.0 Å². The summed E-state index contributed by atoms with van der Waals surface area (Å²) < 4.78 is 4.96. The maximum atomic E-state index is 2.59. The van der Waals surface area contributed by atoms with Gasteiger partial charge in [-0.2, -0.15) is 0 Å². The zero-order valence-electron chi connectivity index (χ0n) is 17.5. The fourth-order valence-electron chi connectivity index (χ4n) is 5.80. The summed E-state index contributed by atoms with van der Waals surface area (Å²) in [7, 11) is 0. The average Bonchev–Trinajstić information content (AvgIpc) is 3.06. The molecular weight excluding hydrogens is 316 g/mol. The van der Waals surface area contributed by atoms with E-state index >= 15 is 0 Å². The molecule has 0 saturated heterocycles. The van der Waals surface area contributed by atoms with Gasteiger partial charge in [0.05, 0.1) is 5.39 Å². The molecule has 1 aliphatic heterocycles. The first kappa shape index (κ1) is 17.6. The number of benzene rings is 1. The maximum Gasteiger partial charge on any atom is 0.294 e. The summed E-state index contributed by atoms with van der Waals surface area (Å²) in [6, 6.07) is 7.03. The molecule has 26 heavy (non-hydrogen) atoms. The van der Waals surface area contributed by atoms with Gasteiger partial charge < -0.3 is 0 Å². The molecule has 1 atom stereocenters. The second kappa shape index (κ2) is 5.34. The van der Waals surface area contributed by atoms with E-state index < -0.39 is 0 Å². The first-order chi connectivity index (χ1) is 12.2. The van der Waals surface area contributed by atoms with Crippen LogP contribution in [0, 0.1) is 0 Å². The third-order valence-corrected chi connectivity index (χ3v) is 7.48.